The van der Waals surface area contributed by atoms with Crippen molar-refractivity contribution in [2.24, 2.45) is 0 Å². The molecule has 0 saturated carbocycles. The van der Waals surface area contributed by atoms with Crippen molar-refractivity contribution in [3.63, 3.8) is 0 Å². The lowest BCUT2D eigenvalue weighted by atomic mass is 10.1. The van der Waals surface area contributed by atoms with Gasteiger partial charge in [-0.1, -0.05) is 17.7 Å². The molecule has 138 valence electrons. The van der Waals surface area contributed by atoms with E-state index in [0.717, 1.165) is 18.7 Å². The number of carbonyl (C=O) groups excluding carboxylic acids is 1. The third-order valence-corrected chi connectivity index (χ3v) is 4.63. The zero-order chi connectivity index (χ0) is 18.5. The summed E-state index contributed by atoms with van der Waals surface area (Å²) in [5, 5.41) is 2.88. The van der Waals surface area contributed by atoms with E-state index in [0.29, 0.717) is 19.0 Å². The molecule has 0 aliphatic carbocycles. The summed E-state index contributed by atoms with van der Waals surface area (Å²) in [6, 6.07) is 4.05. The molecule has 1 fully saturated rings. The molecule has 2 heterocycles. The molecular weight excluding hydrogens is 359 g/mol. The van der Waals surface area contributed by atoms with Gasteiger partial charge in [0.05, 0.1) is 29.8 Å². The Hall–Kier alpha value is -2.09. The molecule has 26 heavy (non-hydrogen) atoms. The molecule has 1 aromatic heterocycles. The van der Waals surface area contributed by atoms with Crippen LogP contribution in [-0.4, -0.2) is 53.6 Å². The summed E-state index contributed by atoms with van der Waals surface area (Å²) >= 11 is 5.98. The van der Waals surface area contributed by atoms with Crippen LogP contribution in [0.5, 0.6) is 0 Å². The van der Waals surface area contributed by atoms with Crippen molar-refractivity contribution in [2.45, 2.75) is 13.0 Å². The second kappa shape index (κ2) is 8.53. The summed E-state index contributed by atoms with van der Waals surface area (Å²) < 4.78 is 19.4. The topological polar surface area (TPSA) is 67.4 Å². The molecule has 0 bridgehead atoms. The Morgan fingerprint density at radius 3 is 2.69 bits per heavy atom. The second-order valence-electron chi connectivity index (χ2n) is 6.03. The predicted molar refractivity (Wildman–Crippen MR) is 95.6 cm³/mol. The third kappa shape index (κ3) is 4.35. The van der Waals surface area contributed by atoms with Gasteiger partial charge in [0.15, 0.2) is 0 Å². The Labute approximate surface area is 156 Å². The van der Waals surface area contributed by atoms with Crippen LogP contribution in [0.3, 0.4) is 0 Å². The van der Waals surface area contributed by atoms with Crippen LogP contribution in [-0.2, 0) is 4.74 Å². The largest absolute Gasteiger partial charge is 0.379 e. The fourth-order valence-electron chi connectivity index (χ4n) is 2.91. The van der Waals surface area contributed by atoms with Gasteiger partial charge in [-0.25, -0.2) is 14.4 Å². The van der Waals surface area contributed by atoms with Crippen LogP contribution >= 0.6 is 11.6 Å². The van der Waals surface area contributed by atoms with Crippen molar-refractivity contribution in [3.05, 3.63) is 58.4 Å². The number of aromatic nitrogens is 2. The fraction of sp³-hybridized carbons (Fsp3) is 0.389. The van der Waals surface area contributed by atoms with Crippen LogP contribution in [0, 0.1) is 12.7 Å². The Bertz CT molecular complexity index is 746. The lowest BCUT2D eigenvalue weighted by Gasteiger charge is -2.34. The summed E-state index contributed by atoms with van der Waals surface area (Å²) in [4.78, 5) is 23.1. The van der Waals surface area contributed by atoms with Crippen molar-refractivity contribution >= 4 is 17.5 Å². The maximum Gasteiger partial charge on any atom is 0.255 e. The Balaban J connectivity index is 1.77. The van der Waals surface area contributed by atoms with E-state index in [1.54, 1.807) is 12.4 Å². The number of benzene rings is 1. The molecule has 1 atom stereocenters. The number of amides is 1. The van der Waals surface area contributed by atoms with Crippen LogP contribution in [0.1, 0.15) is 27.8 Å². The van der Waals surface area contributed by atoms with Gasteiger partial charge in [-0.3, -0.25) is 9.69 Å². The van der Waals surface area contributed by atoms with Crippen LogP contribution in [0.15, 0.2) is 30.6 Å². The summed E-state index contributed by atoms with van der Waals surface area (Å²) in [5.74, 6) is -0.507. The maximum atomic E-state index is 14.0. The number of halogens is 2. The molecule has 0 radical (unpaired) electrons. The minimum atomic E-state index is -0.642. The van der Waals surface area contributed by atoms with E-state index in [9.17, 15) is 9.18 Å². The first-order chi connectivity index (χ1) is 12.6. The normalized spacial score (nSPS) is 16.3. The van der Waals surface area contributed by atoms with Gasteiger partial charge in [-0.05, 0) is 19.1 Å². The Morgan fingerprint density at radius 2 is 2.04 bits per heavy atom. The van der Waals surface area contributed by atoms with Crippen LogP contribution in [0.25, 0.3) is 0 Å². The molecule has 1 aliphatic heterocycles. The number of nitrogens with zero attached hydrogens (tertiary/aromatic N) is 3. The molecule has 1 aliphatic rings. The number of aryl methyl sites for hydroxylation is 1. The maximum absolute atomic E-state index is 14.0. The van der Waals surface area contributed by atoms with E-state index in [4.69, 9.17) is 16.3 Å². The first-order valence-corrected chi connectivity index (χ1v) is 8.76. The summed E-state index contributed by atoms with van der Waals surface area (Å²) in [7, 11) is 0. The minimum absolute atomic E-state index is 0.0871. The monoisotopic (exact) mass is 378 g/mol. The molecule has 1 N–H and O–H groups in total. The summed E-state index contributed by atoms with van der Waals surface area (Å²) in [5.41, 5.74) is 0.743. The second-order valence-corrected chi connectivity index (χ2v) is 6.44. The highest BCUT2D eigenvalue weighted by molar-refractivity contribution is 6.33. The van der Waals surface area contributed by atoms with Crippen molar-refractivity contribution in [1.29, 1.82) is 0 Å². The zero-order valence-electron chi connectivity index (χ0n) is 14.4. The van der Waals surface area contributed by atoms with Gasteiger partial charge in [-0.2, -0.15) is 0 Å². The van der Waals surface area contributed by atoms with Gasteiger partial charge >= 0.3 is 0 Å². The van der Waals surface area contributed by atoms with Gasteiger partial charge in [0, 0.05) is 37.6 Å². The highest BCUT2D eigenvalue weighted by Crippen LogP contribution is 2.22. The summed E-state index contributed by atoms with van der Waals surface area (Å²) in [6.45, 7) is 4.81. The molecule has 2 aromatic rings. The number of morpholine rings is 1. The van der Waals surface area contributed by atoms with E-state index < -0.39 is 11.7 Å². The van der Waals surface area contributed by atoms with Crippen molar-refractivity contribution in [1.82, 2.24) is 20.2 Å². The van der Waals surface area contributed by atoms with E-state index in [-0.39, 0.29) is 23.2 Å². The highest BCUT2D eigenvalue weighted by atomic mass is 35.5. The van der Waals surface area contributed by atoms with Crippen molar-refractivity contribution in [3.8, 4) is 0 Å². The van der Waals surface area contributed by atoms with E-state index in [1.165, 1.54) is 18.2 Å². The SMILES string of the molecule is Cc1ncc(C(CNC(=O)c2c(F)cccc2Cl)N2CCOCC2)cn1. The predicted octanol–water partition coefficient (Wildman–Crippen LogP) is 2.38. The van der Waals surface area contributed by atoms with Gasteiger partial charge in [-0.15, -0.1) is 0 Å². The smallest absolute Gasteiger partial charge is 0.255 e. The molecule has 6 nitrogen and oxygen atoms in total. The fourth-order valence-corrected chi connectivity index (χ4v) is 3.16. The molecule has 8 heteroatoms. The molecule has 1 amide bonds. The average Bonchev–Trinajstić information content (AvgIpc) is 2.64. The third-order valence-electron chi connectivity index (χ3n) is 4.32. The number of hydrogen-bond acceptors (Lipinski definition) is 5. The van der Waals surface area contributed by atoms with E-state index >= 15 is 0 Å². The molecule has 1 unspecified atom stereocenters. The zero-order valence-corrected chi connectivity index (χ0v) is 15.2. The van der Waals surface area contributed by atoms with Crippen molar-refractivity contribution < 1.29 is 13.9 Å². The molecule has 0 spiro atoms. The lowest BCUT2D eigenvalue weighted by molar-refractivity contribution is 0.0160. The number of hydrogen-bond donors (Lipinski definition) is 1. The highest BCUT2D eigenvalue weighted by Gasteiger charge is 2.25. The average molecular weight is 379 g/mol. The number of ether oxygens (including phenoxy) is 1. The quantitative estimate of drug-likeness (QED) is 0.865. The Kier molecular flexibility index (Phi) is 6.13. The Morgan fingerprint density at radius 1 is 1.35 bits per heavy atom. The first-order valence-electron chi connectivity index (χ1n) is 8.39. The number of carbonyl (C=O) groups is 1. The molecule has 1 saturated heterocycles. The van der Waals surface area contributed by atoms with E-state index in [1.807, 2.05) is 6.92 Å². The number of rotatable bonds is 5. The number of nitrogens with one attached hydrogen (secondary N) is 1. The van der Waals surface area contributed by atoms with E-state index in [2.05, 4.69) is 20.2 Å². The van der Waals surface area contributed by atoms with Crippen LogP contribution in [0.4, 0.5) is 4.39 Å². The van der Waals surface area contributed by atoms with Crippen LogP contribution in [0.2, 0.25) is 5.02 Å². The molecular formula is C18H20ClFN4O2. The van der Waals surface area contributed by atoms with Gasteiger partial charge in [0.1, 0.15) is 11.6 Å². The van der Waals surface area contributed by atoms with Gasteiger partial charge in [0.25, 0.3) is 5.91 Å². The molecule has 3 rings (SSSR count). The van der Waals surface area contributed by atoms with Gasteiger partial charge in [0.2, 0.25) is 0 Å². The van der Waals surface area contributed by atoms with Gasteiger partial charge < -0.3 is 10.1 Å². The first kappa shape index (κ1) is 18.7. The lowest BCUT2D eigenvalue weighted by Crippen LogP contribution is -2.44. The minimum Gasteiger partial charge on any atom is -0.379 e. The van der Waals surface area contributed by atoms with Crippen molar-refractivity contribution in [2.75, 3.05) is 32.8 Å². The molecule has 1 aromatic carbocycles. The van der Waals surface area contributed by atoms with Crippen LogP contribution < -0.4 is 5.32 Å². The standard InChI is InChI=1S/C18H20ClFN4O2/c1-12-21-9-13(10-22-12)16(24-5-7-26-8-6-24)11-23-18(25)17-14(19)3-2-4-15(17)20/h2-4,9-10,16H,5-8,11H2,1H3,(H,23,25). The summed E-state index contributed by atoms with van der Waals surface area (Å²) in [6.07, 6.45) is 3.51.